The molecule has 3 heteroatoms. The van der Waals surface area contributed by atoms with E-state index in [4.69, 9.17) is 0 Å². The van der Waals surface area contributed by atoms with Gasteiger partial charge in [0.05, 0.1) is 0 Å². The first-order valence-corrected chi connectivity index (χ1v) is 6.98. The third-order valence-corrected chi connectivity index (χ3v) is 3.65. The van der Waals surface area contributed by atoms with E-state index in [2.05, 4.69) is 31.0 Å². The molecule has 0 bridgehead atoms. The molecule has 2 rings (SSSR count). The topological polar surface area (TPSA) is 32.3 Å². The highest BCUT2D eigenvalue weighted by molar-refractivity contribution is 5.81. The molecule has 2 fully saturated rings. The molecule has 0 unspecified atom stereocenters. The highest BCUT2D eigenvalue weighted by atomic mass is 16.2. The van der Waals surface area contributed by atoms with Crippen molar-refractivity contribution in [2.75, 3.05) is 19.6 Å². The van der Waals surface area contributed by atoms with Crippen LogP contribution >= 0.6 is 0 Å². The van der Waals surface area contributed by atoms with Gasteiger partial charge >= 0.3 is 0 Å². The summed E-state index contributed by atoms with van der Waals surface area (Å²) in [6.07, 6.45) is 4.49. The number of nitrogens with one attached hydrogen (secondary N) is 1. The minimum absolute atomic E-state index is 0.348. The second kappa shape index (κ2) is 4.97. The molecule has 1 amide bonds. The van der Waals surface area contributed by atoms with Crippen LogP contribution in [-0.4, -0.2) is 36.5 Å². The fourth-order valence-corrected chi connectivity index (χ4v) is 2.34. The quantitative estimate of drug-likeness (QED) is 0.816. The van der Waals surface area contributed by atoms with Gasteiger partial charge in [-0.15, -0.1) is 0 Å². The molecule has 0 radical (unpaired) electrons. The van der Waals surface area contributed by atoms with Crippen LogP contribution in [0.25, 0.3) is 0 Å². The van der Waals surface area contributed by atoms with Crippen LogP contribution in [0.2, 0.25) is 0 Å². The molecule has 0 aromatic carbocycles. The van der Waals surface area contributed by atoms with Gasteiger partial charge in [0.25, 0.3) is 0 Å². The van der Waals surface area contributed by atoms with Gasteiger partial charge in [-0.25, -0.2) is 0 Å². The Hall–Kier alpha value is -0.570. The third-order valence-electron chi connectivity index (χ3n) is 3.65. The Labute approximate surface area is 105 Å². The van der Waals surface area contributed by atoms with E-state index in [0.717, 1.165) is 45.3 Å². The first-order valence-electron chi connectivity index (χ1n) is 6.98. The van der Waals surface area contributed by atoms with E-state index in [9.17, 15) is 4.79 Å². The molecule has 1 heterocycles. The van der Waals surface area contributed by atoms with Gasteiger partial charge in [0.15, 0.2) is 0 Å². The van der Waals surface area contributed by atoms with Crippen LogP contribution in [-0.2, 0) is 4.79 Å². The van der Waals surface area contributed by atoms with Gasteiger partial charge in [-0.3, -0.25) is 4.79 Å². The highest BCUT2D eigenvalue weighted by Gasteiger charge is 2.34. The highest BCUT2D eigenvalue weighted by Crippen LogP contribution is 2.31. The van der Waals surface area contributed by atoms with Gasteiger partial charge in [-0.05, 0) is 31.1 Å². The van der Waals surface area contributed by atoms with E-state index >= 15 is 0 Å². The molecule has 1 aliphatic heterocycles. The Bertz CT molecular complexity index is 270. The lowest BCUT2D eigenvalue weighted by molar-refractivity contribution is -0.133. The zero-order chi connectivity index (χ0) is 12.5. The van der Waals surface area contributed by atoms with Gasteiger partial charge in [0.2, 0.25) is 5.91 Å². The van der Waals surface area contributed by atoms with Gasteiger partial charge < -0.3 is 10.2 Å². The number of carbonyl (C=O) groups is 1. The third kappa shape index (κ3) is 3.98. The number of carbonyl (C=O) groups excluding carboxylic acids is 1. The number of hydrogen-bond acceptors (Lipinski definition) is 2. The standard InChI is InChI=1S/C14H26N2O/c1-14(2,3)10-15-12-6-8-16(9-7-12)13(17)11-4-5-11/h11-12,15H,4-10H2,1-3H3. The Morgan fingerprint density at radius 1 is 1.18 bits per heavy atom. The normalized spacial score (nSPS) is 22.9. The Kier molecular flexibility index (Phi) is 3.76. The minimum atomic E-state index is 0.348. The zero-order valence-electron chi connectivity index (χ0n) is 11.5. The summed E-state index contributed by atoms with van der Waals surface area (Å²) in [5.74, 6) is 0.799. The molecular formula is C14H26N2O. The van der Waals surface area contributed by atoms with Crippen molar-refractivity contribution >= 4 is 5.91 Å². The van der Waals surface area contributed by atoms with Crippen LogP contribution in [0.3, 0.4) is 0 Å². The van der Waals surface area contributed by atoms with E-state index in [0.29, 0.717) is 23.3 Å². The van der Waals surface area contributed by atoms with Crippen LogP contribution in [0.5, 0.6) is 0 Å². The second-order valence-corrected chi connectivity index (χ2v) is 6.82. The lowest BCUT2D eigenvalue weighted by Gasteiger charge is -2.34. The smallest absolute Gasteiger partial charge is 0.225 e. The summed E-state index contributed by atoms with van der Waals surface area (Å²) in [6.45, 7) is 9.74. The summed E-state index contributed by atoms with van der Waals surface area (Å²) in [7, 11) is 0. The second-order valence-electron chi connectivity index (χ2n) is 6.82. The molecule has 1 aliphatic carbocycles. The molecule has 0 atom stereocenters. The predicted molar refractivity (Wildman–Crippen MR) is 69.8 cm³/mol. The van der Waals surface area contributed by atoms with Crippen molar-refractivity contribution in [2.45, 2.75) is 52.5 Å². The predicted octanol–water partition coefficient (Wildman–Crippen LogP) is 2.02. The van der Waals surface area contributed by atoms with Crippen LogP contribution in [0, 0.1) is 11.3 Å². The number of likely N-dealkylation sites (tertiary alicyclic amines) is 1. The largest absolute Gasteiger partial charge is 0.342 e. The first kappa shape index (κ1) is 12.9. The van der Waals surface area contributed by atoms with Crippen molar-refractivity contribution in [1.82, 2.24) is 10.2 Å². The van der Waals surface area contributed by atoms with Crippen molar-refractivity contribution in [3.8, 4) is 0 Å². The maximum atomic E-state index is 11.9. The number of piperidine rings is 1. The molecule has 0 spiro atoms. The summed E-state index contributed by atoms with van der Waals surface area (Å²) in [4.78, 5) is 14.0. The van der Waals surface area contributed by atoms with Crippen LogP contribution < -0.4 is 5.32 Å². The van der Waals surface area contributed by atoms with E-state index in [1.807, 2.05) is 0 Å². The summed E-state index contributed by atoms with van der Waals surface area (Å²) < 4.78 is 0. The fraction of sp³-hybridized carbons (Fsp3) is 0.929. The maximum absolute atomic E-state index is 11.9. The van der Waals surface area contributed by atoms with Gasteiger partial charge in [-0.1, -0.05) is 20.8 Å². The number of rotatable bonds is 3. The fourth-order valence-electron chi connectivity index (χ4n) is 2.34. The average molecular weight is 238 g/mol. The van der Waals surface area contributed by atoms with E-state index in [1.165, 1.54) is 0 Å². The summed E-state index contributed by atoms with van der Waals surface area (Å²) in [5, 5.41) is 3.63. The summed E-state index contributed by atoms with van der Waals surface area (Å²) in [6, 6.07) is 0.609. The van der Waals surface area contributed by atoms with Crippen LogP contribution in [0.4, 0.5) is 0 Å². The Balaban J connectivity index is 1.68. The molecule has 1 saturated heterocycles. The van der Waals surface area contributed by atoms with E-state index < -0.39 is 0 Å². The molecular weight excluding hydrogens is 212 g/mol. The van der Waals surface area contributed by atoms with E-state index in [1.54, 1.807) is 0 Å². The average Bonchev–Trinajstić information content (AvgIpc) is 3.09. The molecule has 98 valence electrons. The molecule has 2 aliphatic rings. The number of amides is 1. The van der Waals surface area contributed by atoms with Crippen molar-refractivity contribution in [1.29, 1.82) is 0 Å². The summed E-state index contributed by atoms with van der Waals surface area (Å²) >= 11 is 0. The maximum Gasteiger partial charge on any atom is 0.225 e. The minimum Gasteiger partial charge on any atom is -0.342 e. The molecule has 0 aromatic heterocycles. The molecule has 3 nitrogen and oxygen atoms in total. The van der Waals surface area contributed by atoms with Crippen molar-refractivity contribution in [3.05, 3.63) is 0 Å². The molecule has 1 saturated carbocycles. The van der Waals surface area contributed by atoms with Crippen molar-refractivity contribution in [3.63, 3.8) is 0 Å². The monoisotopic (exact) mass is 238 g/mol. The Morgan fingerprint density at radius 3 is 2.24 bits per heavy atom. The lowest BCUT2D eigenvalue weighted by Crippen LogP contribution is -2.46. The Morgan fingerprint density at radius 2 is 1.76 bits per heavy atom. The number of nitrogens with zero attached hydrogens (tertiary/aromatic N) is 1. The van der Waals surface area contributed by atoms with Gasteiger partial charge in [-0.2, -0.15) is 0 Å². The first-order chi connectivity index (χ1) is 7.96. The van der Waals surface area contributed by atoms with Gasteiger partial charge in [0.1, 0.15) is 0 Å². The van der Waals surface area contributed by atoms with E-state index in [-0.39, 0.29) is 0 Å². The zero-order valence-corrected chi connectivity index (χ0v) is 11.5. The molecule has 0 aromatic rings. The molecule has 1 N–H and O–H groups in total. The SMILES string of the molecule is CC(C)(C)CNC1CCN(C(=O)C2CC2)CC1. The molecule has 17 heavy (non-hydrogen) atoms. The van der Waals surface area contributed by atoms with Gasteiger partial charge in [0, 0.05) is 31.6 Å². The summed E-state index contributed by atoms with van der Waals surface area (Å²) in [5.41, 5.74) is 0.348. The van der Waals surface area contributed by atoms with Crippen LogP contribution in [0.15, 0.2) is 0 Å². The van der Waals surface area contributed by atoms with Crippen LogP contribution in [0.1, 0.15) is 46.5 Å². The number of hydrogen-bond donors (Lipinski definition) is 1. The van der Waals surface area contributed by atoms with Crippen molar-refractivity contribution in [2.24, 2.45) is 11.3 Å². The lowest BCUT2D eigenvalue weighted by atomic mass is 9.95. The van der Waals surface area contributed by atoms with Crippen molar-refractivity contribution < 1.29 is 4.79 Å².